The maximum Gasteiger partial charge on any atom is 0.397 e. The Morgan fingerprint density at radius 3 is 2.41 bits per heavy atom. The van der Waals surface area contributed by atoms with Gasteiger partial charge >= 0.3 is 12.1 Å². The molecule has 17 heavy (non-hydrogen) atoms. The van der Waals surface area contributed by atoms with Crippen LogP contribution < -0.4 is 0 Å². The molecule has 1 unspecified atom stereocenters. The molecule has 0 saturated heterocycles. The third-order valence-electron chi connectivity index (χ3n) is 1.91. The Kier molecular flexibility index (Phi) is 4.21. The van der Waals surface area contributed by atoms with Crippen LogP contribution in [0.2, 0.25) is 10.2 Å². The van der Waals surface area contributed by atoms with Gasteiger partial charge in [0.1, 0.15) is 11.1 Å². The Balaban J connectivity index is 3.17. The van der Waals surface area contributed by atoms with Crippen molar-refractivity contribution < 1.29 is 23.1 Å². The van der Waals surface area contributed by atoms with E-state index in [0.717, 1.165) is 6.07 Å². The van der Waals surface area contributed by atoms with Crippen molar-refractivity contribution in [2.75, 3.05) is 0 Å². The minimum absolute atomic E-state index is 0.0281. The Hall–Kier alpha value is -1.01. The van der Waals surface area contributed by atoms with Gasteiger partial charge < -0.3 is 5.11 Å². The number of rotatable bonds is 3. The van der Waals surface area contributed by atoms with Crippen LogP contribution in [-0.2, 0) is 4.79 Å². The minimum Gasteiger partial charge on any atom is -0.481 e. The van der Waals surface area contributed by atoms with E-state index in [9.17, 15) is 18.0 Å². The van der Waals surface area contributed by atoms with Gasteiger partial charge in [0.15, 0.2) is 0 Å². The summed E-state index contributed by atoms with van der Waals surface area (Å²) in [7, 11) is 0. The van der Waals surface area contributed by atoms with Gasteiger partial charge in [-0.1, -0.05) is 23.2 Å². The van der Waals surface area contributed by atoms with Crippen molar-refractivity contribution in [3.8, 4) is 0 Å². The van der Waals surface area contributed by atoms with Crippen molar-refractivity contribution in [2.45, 2.75) is 18.5 Å². The highest BCUT2D eigenvalue weighted by Gasteiger charge is 2.43. The number of pyridine rings is 1. The number of aromatic nitrogens is 1. The molecule has 1 heterocycles. The smallest absolute Gasteiger partial charge is 0.397 e. The number of hydrogen-bond acceptors (Lipinski definition) is 2. The molecule has 0 amide bonds. The molecule has 94 valence electrons. The second kappa shape index (κ2) is 5.10. The second-order valence-electron chi connectivity index (χ2n) is 3.23. The minimum atomic E-state index is -4.72. The maximum atomic E-state index is 12.6. The monoisotopic (exact) mass is 287 g/mol. The molecule has 1 rings (SSSR count). The molecular weight excluding hydrogens is 282 g/mol. The number of carbonyl (C=O) groups is 1. The number of hydrogen-bond donors (Lipinski definition) is 1. The zero-order chi connectivity index (χ0) is 13.2. The summed E-state index contributed by atoms with van der Waals surface area (Å²) in [5, 5.41) is 8.21. The van der Waals surface area contributed by atoms with Gasteiger partial charge in [0, 0.05) is 5.02 Å². The van der Waals surface area contributed by atoms with Gasteiger partial charge in [-0.15, -0.1) is 0 Å². The lowest BCUT2D eigenvalue weighted by atomic mass is 10.0. The first kappa shape index (κ1) is 14.1. The summed E-state index contributed by atoms with van der Waals surface area (Å²) >= 11 is 11.0. The molecule has 1 aromatic rings. The zero-order valence-corrected chi connectivity index (χ0v) is 9.64. The largest absolute Gasteiger partial charge is 0.481 e. The fourth-order valence-corrected chi connectivity index (χ4v) is 1.71. The predicted molar refractivity (Wildman–Crippen MR) is 55.3 cm³/mol. The van der Waals surface area contributed by atoms with Crippen molar-refractivity contribution in [1.29, 1.82) is 0 Å². The van der Waals surface area contributed by atoms with E-state index in [2.05, 4.69) is 4.98 Å². The molecule has 3 nitrogen and oxygen atoms in total. The van der Waals surface area contributed by atoms with Crippen LogP contribution in [0.3, 0.4) is 0 Å². The summed E-state index contributed by atoms with van der Waals surface area (Å²) in [4.78, 5) is 13.9. The first-order valence-corrected chi connectivity index (χ1v) is 5.07. The van der Waals surface area contributed by atoms with Gasteiger partial charge in [0.25, 0.3) is 0 Å². The van der Waals surface area contributed by atoms with Crippen LogP contribution >= 0.6 is 23.2 Å². The Morgan fingerprint density at radius 2 is 2.00 bits per heavy atom. The lowest BCUT2D eigenvalue weighted by Gasteiger charge is -2.18. The van der Waals surface area contributed by atoms with E-state index in [1.54, 1.807) is 0 Å². The van der Waals surface area contributed by atoms with E-state index in [4.69, 9.17) is 28.3 Å². The second-order valence-corrected chi connectivity index (χ2v) is 4.05. The van der Waals surface area contributed by atoms with Gasteiger partial charge in [0.05, 0.1) is 12.1 Å². The molecule has 0 aromatic carbocycles. The predicted octanol–water partition coefficient (Wildman–Crippen LogP) is 3.51. The highest BCUT2D eigenvalue weighted by atomic mass is 35.5. The molecule has 0 aliphatic carbocycles. The zero-order valence-electron chi connectivity index (χ0n) is 8.13. The molecule has 0 bridgehead atoms. The van der Waals surface area contributed by atoms with Gasteiger partial charge in [0.2, 0.25) is 0 Å². The summed E-state index contributed by atoms with van der Waals surface area (Å²) < 4.78 is 37.9. The summed E-state index contributed by atoms with van der Waals surface area (Å²) in [6.45, 7) is 0. The van der Waals surface area contributed by atoms with Crippen LogP contribution in [0.15, 0.2) is 12.1 Å². The highest BCUT2D eigenvalue weighted by Crippen LogP contribution is 2.37. The number of aliphatic carboxylic acids is 1. The van der Waals surface area contributed by atoms with E-state index in [1.807, 2.05) is 0 Å². The van der Waals surface area contributed by atoms with Crippen molar-refractivity contribution in [3.05, 3.63) is 28.0 Å². The van der Waals surface area contributed by atoms with Crippen LogP contribution in [0, 0.1) is 0 Å². The average molecular weight is 288 g/mol. The Morgan fingerprint density at radius 1 is 1.41 bits per heavy atom. The quantitative estimate of drug-likeness (QED) is 0.866. The normalized spacial score (nSPS) is 13.5. The molecular formula is C9H6Cl2F3NO2. The third kappa shape index (κ3) is 4.05. The fraction of sp³-hybridized carbons (Fsp3) is 0.333. The van der Waals surface area contributed by atoms with Gasteiger partial charge in [-0.05, 0) is 12.1 Å². The van der Waals surface area contributed by atoms with E-state index >= 15 is 0 Å². The van der Waals surface area contributed by atoms with Gasteiger partial charge in [-0.3, -0.25) is 4.79 Å². The lowest BCUT2D eigenvalue weighted by molar-refractivity contribution is -0.164. The van der Waals surface area contributed by atoms with E-state index in [0.29, 0.717) is 0 Å². The molecule has 0 spiro atoms. The Labute approximate surface area is 104 Å². The number of nitrogens with zero attached hydrogens (tertiary/aromatic N) is 1. The summed E-state index contributed by atoms with van der Waals surface area (Å²) in [5.74, 6) is -3.80. The molecule has 1 N–H and O–H groups in total. The van der Waals surface area contributed by atoms with Crippen LogP contribution in [0.5, 0.6) is 0 Å². The van der Waals surface area contributed by atoms with Gasteiger partial charge in [-0.2, -0.15) is 13.2 Å². The molecule has 0 fully saturated rings. The number of carboxylic acids is 1. The van der Waals surface area contributed by atoms with Crippen LogP contribution in [-0.4, -0.2) is 22.2 Å². The van der Waals surface area contributed by atoms with Crippen LogP contribution in [0.4, 0.5) is 13.2 Å². The molecule has 8 heteroatoms. The van der Waals surface area contributed by atoms with Crippen molar-refractivity contribution in [2.24, 2.45) is 0 Å². The van der Waals surface area contributed by atoms with Crippen LogP contribution in [0.25, 0.3) is 0 Å². The van der Waals surface area contributed by atoms with E-state index in [1.165, 1.54) is 6.07 Å². The molecule has 0 radical (unpaired) electrons. The topological polar surface area (TPSA) is 50.2 Å². The first-order chi connectivity index (χ1) is 7.70. The summed E-state index contributed by atoms with van der Waals surface area (Å²) in [5.41, 5.74) is -0.502. The number of carboxylic acid groups (broad SMARTS) is 1. The van der Waals surface area contributed by atoms with Gasteiger partial charge in [-0.25, -0.2) is 4.98 Å². The maximum absolute atomic E-state index is 12.6. The Bertz CT molecular complexity index is 416. The van der Waals surface area contributed by atoms with Crippen molar-refractivity contribution in [3.63, 3.8) is 0 Å². The van der Waals surface area contributed by atoms with Crippen LogP contribution in [0.1, 0.15) is 18.0 Å². The fourth-order valence-electron chi connectivity index (χ4n) is 1.23. The summed E-state index contributed by atoms with van der Waals surface area (Å²) in [6, 6.07) is 2.12. The number of halogens is 5. The SMILES string of the molecule is O=C(O)CC(c1cc(Cl)cc(Cl)n1)C(F)(F)F. The third-order valence-corrected chi connectivity index (χ3v) is 2.32. The molecule has 0 saturated carbocycles. The summed E-state index contributed by atoms with van der Waals surface area (Å²) in [6.07, 6.45) is -5.84. The van der Waals surface area contributed by atoms with Crippen molar-refractivity contribution >= 4 is 29.2 Å². The first-order valence-electron chi connectivity index (χ1n) is 4.31. The molecule has 0 aliphatic rings. The molecule has 1 atom stereocenters. The lowest BCUT2D eigenvalue weighted by Crippen LogP contribution is -2.24. The molecule has 1 aromatic heterocycles. The van der Waals surface area contributed by atoms with E-state index < -0.39 is 30.2 Å². The number of alkyl halides is 3. The average Bonchev–Trinajstić information content (AvgIpc) is 2.10. The molecule has 0 aliphatic heterocycles. The standard InChI is InChI=1S/C9H6Cl2F3NO2/c10-4-1-6(15-7(11)2-4)5(3-8(16)17)9(12,13)14/h1-2,5H,3H2,(H,16,17). The highest BCUT2D eigenvalue weighted by molar-refractivity contribution is 6.33. The van der Waals surface area contributed by atoms with Crippen molar-refractivity contribution in [1.82, 2.24) is 4.98 Å². The van der Waals surface area contributed by atoms with E-state index in [-0.39, 0.29) is 10.2 Å².